The monoisotopic (exact) mass is 475 g/mol. The van der Waals surface area contributed by atoms with Crippen molar-refractivity contribution in [3.8, 4) is 23.3 Å². The minimum Gasteiger partial charge on any atom is -0.481 e. The molecule has 3 aromatic rings. The van der Waals surface area contributed by atoms with Crippen molar-refractivity contribution >= 4 is 26.8 Å². The highest BCUT2D eigenvalue weighted by Crippen LogP contribution is 2.37. The molecule has 0 saturated carbocycles. The lowest BCUT2D eigenvalue weighted by atomic mass is 10.1. The number of hydrogen-bond acceptors (Lipinski definition) is 6. The summed E-state index contributed by atoms with van der Waals surface area (Å²) in [5.41, 5.74) is 2.53. The summed E-state index contributed by atoms with van der Waals surface area (Å²) in [4.78, 5) is 8.08. The number of pyridine rings is 2. The van der Waals surface area contributed by atoms with Gasteiger partial charge in [0.25, 0.3) is 0 Å². The van der Waals surface area contributed by atoms with Crippen molar-refractivity contribution in [3.63, 3.8) is 0 Å². The number of rotatable bonds is 6. The zero-order valence-electron chi connectivity index (χ0n) is 17.3. The molecule has 170 valence electrons. The van der Waals surface area contributed by atoms with Crippen LogP contribution in [0.1, 0.15) is 12.5 Å². The Hall–Kier alpha value is -3.69. The molecular weight excluding hydrogens is 459 g/mol. The normalized spacial score (nSPS) is 14.5. The lowest BCUT2D eigenvalue weighted by Crippen LogP contribution is -2.42. The first-order valence-electron chi connectivity index (χ1n) is 9.50. The first kappa shape index (κ1) is 22.5. The van der Waals surface area contributed by atoms with Crippen LogP contribution in [0.5, 0.6) is 5.88 Å². The highest BCUT2D eigenvalue weighted by atomic mass is 32.2. The van der Waals surface area contributed by atoms with E-state index in [1.165, 1.54) is 13.2 Å². The molecule has 0 aromatic carbocycles. The molecule has 3 aromatic heterocycles. The highest BCUT2D eigenvalue weighted by Gasteiger charge is 2.39. The van der Waals surface area contributed by atoms with E-state index in [1.807, 2.05) is 18.2 Å². The minimum atomic E-state index is -4.73. The number of hydrogen-bond donors (Lipinski definition) is 1. The molecular formula is C21H16F3N5O3S. The van der Waals surface area contributed by atoms with E-state index in [2.05, 4.69) is 16.0 Å². The highest BCUT2D eigenvalue weighted by molar-refractivity contribution is 7.89. The van der Waals surface area contributed by atoms with Gasteiger partial charge in [0, 0.05) is 18.0 Å². The summed E-state index contributed by atoms with van der Waals surface area (Å²) in [6, 6.07) is 5.69. The molecule has 4 rings (SSSR count). The number of fused-ring (bicyclic) bond motifs is 1. The largest absolute Gasteiger partial charge is 0.481 e. The molecule has 3 heterocycles. The van der Waals surface area contributed by atoms with Gasteiger partial charge in [-0.1, -0.05) is 6.08 Å². The van der Waals surface area contributed by atoms with Gasteiger partial charge in [0.1, 0.15) is 28.1 Å². The van der Waals surface area contributed by atoms with Crippen LogP contribution in [-0.2, 0) is 10.0 Å². The van der Waals surface area contributed by atoms with Crippen molar-refractivity contribution in [1.82, 2.24) is 19.3 Å². The van der Waals surface area contributed by atoms with Crippen LogP contribution in [0.25, 0.3) is 28.1 Å². The number of ether oxygens (including phenoxy) is 1. The zero-order chi connectivity index (χ0) is 24.0. The summed E-state index contributed by atoms with van der Waals surface area (Å²) in [5.74, 6) is 0.306. The summed E-state index contributed by atoms with van der Waals surface area (Å²) in [6.45, 7) is 0.706. The minimum absolute atomic E-state index is 0.192. The molecule has 0 aliphatic heterocycles. The Kier molecular flexibility index (Phi) is 5.47. The quantitative estimate of drug-likeness (QED) is 0.583. The molecule has 33 heavy (non-hydrogen) atoms. The number of alkyl halides is 3. The molecule has 0 radical (unpaired) electrons. The molecule has 0 saturated heterocycles. The van der Waals surface area contributed by atoms with Crippen LogP contribution >= 0.6 is 0 Å². The molecule has 0 spiro atoms. The number of aromatic nitrogens is 3. The second-order valence-corrected chi connectivity index (χ2v) is 8.82. The van der Waals surface area contributed by atoms with Crippen molar-refractivity contribution in [2.24, 2.45) is 0 Å². The van der Waals surface area contributed by atoms with Crippen molar-refractivity contribution in [2.75, 3.05) is 7.11 Å². The predicted octanol–water partition coefficient (Wildman–Crippen LogP) is 3.62. The van der Waals surface area contributed by atoms with Gasteiger partial charge in [0.05, 0.1) is 24.0 Å². The molecule has 1 atom stereocenters. The third kappa shape index (κ3) is 3.96. The average Bonchev–Trinajstić information content (AvgIpc) is 3.04. The van der Waals surface area contributed by atoms with Gasteiger partial charge < -0.3 is 9.30 Å². The number of nitrogens with zero attached hydrogens (tertiary/aromatic N) is 4. The van der Waals surface area contributed by atoms with Crippen LogP contribution in [0.15, 0.2) is 53.6 Å². The van der Waals surface area contributed by atoms with E-state index in [9.17, 15) is 26.9 Å². The Balaban J connectivity index is 1.82. The lowest BCUT2D eigenvalue weighted by Gasteiger charge is -2.17. The fourth-order valence-corrected chi connectivity index (χ4v) is 4.43. The maximum Gasteiger partial charge on any atom is 0.404 e. The second kappa shape index (κ2) is 8.02. The lowest BCUT2D eigenvalue weighted by molar-refractivity contribution is -0.147. The fourth-order valence-electron chi connectivity index (χ4n) is 3.25. The van der Waals surface area contributed by atoms with Gasteiger partial charge >= 0.3 is 6.18 Å². The zero-order valence-corrected chi connectivity index (χ0v) is 18.1. The average molecular weight is 475 g/mol. The number of halogens is 3. The Morgan fingerprint density at radius 3 is 2.48 bits per heavy atom. The maximum atomic E-state index is 12.8. The summed E-state index contributed by atoms with van der Waals surface area (Å²) < 4.78 is 71.5. The Labute approximate surface area is 186 Å². The van der Waals surface area contributed by atoms with Crippen LogP contribution < -0.4 is 9.46 Å². The van der Waals surface area contributed by atoms with Gasteiger partial charge in [0.15, 0.2) is 0 Å². The number of methoxy groups -OCH3 is 1. The van der Waals surface area contributed by atoms with Crippen LogP contribution in [-0.4, -0.2) is 42.3 Å². The second-order valence-electron chi connectivity index (χ2n) is 7.11. The summed E-state index contributed by atoms with van der Waals surface area (Å²) in [6.07, 6.45) is 1.65. The Morgan fingerprint density at radius 2 is 1.97 bits per heavy atom. The van der Waals surface area contributed by atoms with Gasteiger partial charge in [-0.05, 0) is 37.3 Å². The van der Waals surface area contributed by atoms with Gasteiger partial charge in [-0.2, -0.15) is 23.2 Å². The fraction of sp³-hybridized carbons (Fsp3) is 0.190. The van der Waals surface area contributed by atoms with E-state index in [0.29, 0.717) is 29.5 Å². The van der Waals surface area contributed by atoms with E-state index in [1.54, 1.807) is 21.4 Å². The van der Waals surface area contributed by atoms with Crippen molar-refractivity contribution < 1.29 is 26.3 Å². The third-order valence-electron chi connectivity index (χ3n) is 5.01. The van der Waals surface area contributed by atoms with Gasteiger partial charge in [-0.15, -0.1) is 0 Å². The molecule has 0 bridgehead atoms. The van der Waals surface area contributed by atoms with E-state index < -0.39 is 27.1 Å². The maximum absolute atomic E-state index is 12.8. The topological polar surface area (TPSA) is 110 Å². The van der Waals surface area contributed by atoms with E-state index in [-0.39, 0.29) is 11.3 Å². The Bertz CT molecular complexity index is 1450. The van der Waals surface area contributed by atoms with Crippen LogP contribution in [0.4, 0.5) is 13.2 Å². The molecule has 1 aliphatic carbocycles. The molecule has 8 nitrogen and oxygen atoms in total. The number of nitriles is 1. The molecule has 1 unspecified atom stereocenters. The summed E-state index contributed by atoms with van der Waals surface area (Å²) in [5, 5.41) is 9.86. The van der Waals surface area contributed by atoms with E-state index in [4.69, 9.17) is 4.74 Å². The number of sulfonamides is 1. The number of allylic oxidation sites excluding steroid dienone is 4. The molecule has 1 N–H and O–H groups in total. The van der Waals surface area contributed by atoms with Crippen molar-refractivity contribution in [1.29, 1.82) is 5.26 Å². The van der Waals surface area contributed by atoms with Gasteiger partial charge in [0.2, 0.25) is 15.9 Å². The predicted molar refractivity (Wildman–Crippen MR) is 113 cm³/mol. The van der Waals surface area contributed by atoms with Crippen LogP contribution in [0.3, 0.4) is 0 Å². The van der Waals surface area contributed by atoms with Gasteiger partial charge in [-0.3, -0.25) is 4.98 Å². The van der Waals surface area contributed by atoms with Crippen molar-refractivity contribution in [3.05, 3.63) is 54.3 Å². The first-order chi connectivity index (χ1) is 15.6. The summed E-state index contributed by atoms with van der Waals surface area (Å²) in [7, 11) is -3.02. The smallest absolute Gasteiger partial charge is 0.404 e. The van der Waals surface area contributed by atoms with Crippen LogP contribution in [0.2, 0.25) is 0 Å². The van der Waals surface area contributed by atoms with Crippen LogP contribution in [0, 0.1) is 11.3 Å². The number of nitrogens with one attached hydrogen (secondary N) is 1. The SMILES string of the molecule is COc1ccc2c(n1)c(C#N)c(-c1ccc(S(=O)(=O)NC(C)C(F)(F)F)cn1)n2C1=CC=C1. The standard InChI is InChI=1S/C21H16F3N5O3S/c1-12(21(22,23)24)28-33(30,31)14-6-7-16(26-11-14)20-15(10-25)19-17(8-9-18(27-19)32-2)29(20)13-4-3-5-13/h3-9,11-12,28H,1-2H3. The first-order valence-corrected chi connectivity index (χ1v) is 11.0. The molecule has 1 aliphatic rings. The van der Waals surface area contributed by atoms with E-state index >= 15 is 0 Å². The van der Waals surface area contributed by atoms with Gasteiger partial charge in [-0.25, -0.2) is 13.4 Å². The summed E-state index contributed by atoms with van der Waals surface area (Å²) >= 11 is 0. The van der Waals surface area contributed by atoms with E-state index in [0.717, 1.165) is 18.0 Å². The third-order valence-corrected chi connectivity index (χ3v) is 6.54. The molecule has 0 fully saturated rings. The molecule has 0 amide bonds. The van der Waals surface area contributed by atoms with Crippen molar-refractivity contribution in [2.45, 2.75) is 24.0 Å². The Morgan fingerprint density at radius 1 is 1.24 bits per heavy atom. The molecule has 12 heteroatoms.